The molecule has 0 aliphatic carbocycles. The largest absolute Gasteiger partial charge is 0.367 e. The molecule has 1 heterocycles. The van der Waals surface area contributed by atoms with E-state index in [1.54, 1.807) is 0 Å². The van der Waals surface area contributed by atoms with Gasteiger partial charge in [-0.2, -0.15) is 0 Å². The van der Waals surface area contributed by atoms with Gasteiger partial charge < -0.3 is 10.2 Å². The molecule has 2 aromatic rings. The molecule has 1 atom stereocenters. The lowest BCUT2D eigenvalue weighted by Gasteiger charge is -2.27. The van der Waals surface area contributed by atoms with Gasteiger partial charge in [-0.25, -0.2) is 0 Å². The van der Waals surface area contributed by atoms with Gasteiger partial charge in [0, 0.05) is 34.0 Å². The molecule has 1 aliphatic heterocycles. The molecule has 0 saturated carbocycles. The van der Waals surface area contributed by atoms with Crippen LogP contribution in [0.4, 0.5) is 5.69 Å². The Kier molecular flexibility index (Phi) is 4.97. The van der Waals surface area contributed by atoms with Crippen LogP contribution < -0.4 is 10.2 Å². The zero-order chi connectivity index (χ0) is 15.4. The van der Waals surface area contributed by atoms with Crippen LogP contribution in [0, 0.1) is 3.57 Å². The van der Waals surface area contributed by atoms with E-state index in [4.69, 9.17) is 0 Å². The van der Waals surface area contributed by atoms with Crippen molar-refractivity contribution in [3.8, 4) is 0 Å². The molecular formula is C18H19IN2O. The van der Waals surface area contributed by atoms with Gasteiger partial charge in [0.2, 0.25) is 0 Å². The first-order valence-corrected chi connectivity index (χ1v) is 8.67. The summed E-state index contributed by atoms with van der Waals surface area (Å²) in [7, 11) is 0. The fourth-order valence-corrected chi connectivity index (χ4v) is 3.28. The number of carbonyl (C=O) groups excluding carboxylic acids is 1. The molecule has 1 aliphatic rings. The van der Waals surface area contributed by atoms with Gasteiger partial charge in [0.25, 0.3) is 5.91 Å². The summed E-state index contributed by atoms with van der Waals surface area (Å²) < 4.78 is 1.14. The number of hydrogen-bond donors (Lipinski definition) is 1. The zero-order valence-electron chi connectivity index (χ0n) is 12.3. The Morgan fingerprint density at radius 1 is 1.14 bits per heavy atom. The van der Waals surface area contributed by atoms with Gasteiger partial charge in [-0.15, -0.1) is 0 Å². The molecule has 2 aromatic carbocycles. The molecule has 1 saturated heterocycles. The number of anilines is 1. The Balaban J connectivity index is 1.61. The summed E-state index contributed by atoms with van der Waals surface area (Å²) in [6.07, 6.45) is 2.31. The second-order valence-electron chi connectivity index (χ2n) is 5.54. The van der Waals surface area contributed by atoms with Crippen molar-refractivity contribution in [2.24, 2.45) is 0 Å². The topological polar surface area (TPSA) is 32.3 Å². The van der Waals surface area contributed by atoms with Crippen molar-refractivity contribution in [2.45, 2.75) is 18.9 Å². The highest BCUT2D eigenvalue weighted by atomic mass is 127. The second-order valence-corrected chi connectivity index (χ2v) is 6.79. The van der Waals surface area contributed by atoms with Crippen LogP contribution in [-0.4, -0.2) is 25.0 Å². The van der Waals surface area contributed by atoms with E-state index in [9.17, 15) is 4.79 Å². The molecule has 1 N–H and O–H groups in total. The maximum absolute atomic E-state index is 12.2. The average molecular weight is 406 g/mol. The summed E-state index contributed by atoms with van der Waals surface area (Å²) in [5.41, 5.74) is 1.97. The molecule has 1 fully saturated rings. The molecule has 1 unspecified atom stereocenters. The van der Waals surface area contributed by atoms with Crippen molar-refractivity contribution >= 4 is 34.2 Å². The van der Waals surface area contributed by atoms with Crippen molar-refractivity contribution in [1.29, 1.82) is 0 Å². The summed E-state index contributed by atoms with van der Waals surface area (Å²) >= 11 is 2.24. The second kappa shape index (κ2) is 7.13. The molecule has 114 valence electrons. The van der Waals surface area contributed by atoms with Crippen molar-refractivity contribution in [3.63, 3.8) is 0 Å². The summed E-state index contributed by atoms with van der Waals surface area (Å²) in [6, 6.07) is 18.5. The van der Waals surface area contributed by atoms with Gasteiger partial charge in [-0.05, 0) is 71.8 Å². The highest BCUT2D eigenvalue weighted by molar-refractivity contribution is 14.1. The van der Waals surface area contributed by atoms with Crippen LogP contribution in [-0.2, 0) is 0 Å². The van der Waals surface area contributed by atoms with E-state index in [1.165, 1.54) is 12.1 Å². The summed E-state index contributed by atoms with van der Waals surface area (Å²) in [4.78, 5) is 14.6. The number of hydrogen-bond acceptors (Lipinski definition) is 2. The number of benzene rings is 2. The molecule has 3 nitrogen and oxygen atoms in total. The van der Waals surface area contributed by atoms with Gasteiger partial charge in [0.05, 0.1) is 0 Å². The van der Waals surface area contributed by atoms with Crippen LogP contribution in [0.15, 0.2) is 54.6 Å². The highest BCUT2D eigenvalue weighted by Gasteiger charge is 2.24. The number of carbonyl (C=O) groups is 1. The number of rotatable bonds is 4. The fourth-order valence-electron chi connectivity index (χ4n) is 2.92. The third kappa shape index (κ3) is 3.61. The molecule has 0 aromatic heterocycles. The predicted octanol–water partition coefficient (Wildman–Crippen LogP) is 3.69. The minimum Gasteiger partial charge on any atom is -0.367 e. The van der Waals surface area contributed by atoms with Crippen LogP contribution in [0.25, 0.3) is 0 Å². The molecule has 0 radical (unpaired) electrons. The Labute approximate surface area is 144 Å². The van der Waals surface area contributed by atoms with E-state index < -0.39 is 0 Å². The summed E-state index contributed by atoms with van der Waals surface area (Å²) in [5.74, 6) is 0.0105. The summed E-state index contributed by atoms with van der Waals surface area (Å²) in [6.45, 7) is 1.76. The van der Waals surface area contributed by atoms with Gasteiger partial charge in [0.15, 0.2) is 0 Å². The maximum Gasteiger partial charge on any atom is 0.251 e. The van der Waals surface area contributed by atoms with Crippen LogP contribution in [0.2, 0.25) is 0 Å². The third-order valence-corrected chi connectivity index (χ3v) is 4.79. The average Bonchev–Trinajstić information content (AvgIpc) is 3.02. The zero-order valence-corrected chi connectivity index (χ0v) is 14.5. The summed E-state index contributed by atoms with van der Waals surface area (Å²) in [5, 5.41) is 3.08. The van der Waals surface area contributed by atoms with Crippen molar-refractivity contribution in [3.05, 3.63) is 63.7 Å². The van der Waals surface area contributed by atoms with Crippen LogP contribution in [0.3, 0.4) is 0 Å². The first-order valence-electron chi connectivity index (χ1n) is 7.59. The van der Waals surface area contributed by atoms with E-state index in [1.807, 2.05) is 30.3 Å². The Morgan fingerprint density at radius 3 is 2.59 bits per heavy atom. The van der Waals surface area contributed by atoms with Crippen LogP contribution >= 0.6 is 22.6 Å². The van der Waals surface area contributed by atoms with Crippen molar-refractivity contribution in [1.82, 2.24) is 5.32 Å². The molecular weight excluding hydrogens is 387 g/mol. The first kappa shape index (κ1) is 15.3. The first-order chi connectivity index (χ1) is 10.7. The predicted molar refractivity (Wildman–Crippen MR) is 98.3 cm³/mol. The van der Waals surface area contributed by atoms with Crippen molar-refractivity contribution < 1.29 is 4.79 Å². The van der Waals surface area contributed by atoms with Crippen LogP contribution in [0.1, 0.15) is 23.2 Å². The molecule has 3 rings (SSSR count). The lowest BCUT2D eigenvalue weighted by Crippen LogP contribution is -2.40. The number of amides is 1. The SMILES string of the molecule is O=C(NCC1CCCN1c1ccccc1)c1ccc(I)cc1. The van der Waals surface area contributed by atoms with E-state index in [-0.39, 0.29) is 5.91 Å². The van der Waals surface area contributed by atoms with Gasteiger partial charge in [-0.3, -0.25) is 4.79 Å². The van der Waals surface area contributed by atoms with E-state index >= 15 is 0 Å². The fraction of sp³-hybridized carbons (Fsp3) is 0.278. The standard InChI is InChI=1S/C18H19IN2O/c19-15-10-8-14(9-11-15)18(22)20-13-17-7-4-12-21(17)16-5-2-1-3-6-16/h1-3,5-6,8-11,17H,4,7,12-13H2,(H,20,22). The highest BCUT2D eigenvalue weighted by Crippen LogP contribution is 2.24. The number of para-hydroxylation sites is 1. The maximum atomic E-state index is 12.2. The van der Waals surface area contributed by atoms with E-state index in [2.05, 4.69) is 57.1 Å². The lowest BCUT2D eigenvalue weighted by atomic mass is 10.2. The number of halogens is 1. The number of nitrogens with zero attached hydrogens (tertiary/aromatic N) is 1. The number of nitrogens with one attached hydrogen (secondary N) is 1. The minimum atomic E-state index is 0.0105. The van der Waals surface area contributed by atoms with E-state index in [0.29, 0.717) is 12.6 Å². The molecule has 1 amide bonds. The third-order valence-electron chi connectivity index (χ3n) is 4.07. The Bertz CT molecular complexity index is 627. The van der Waals surface area contributed by atoms with Crippen LogP contribution in [0.5, 0.6) is 0 Å². The smallest absolute Gasteiger partial charge is 0.251 e. The van der Waals surface area contributed by atoms with E-state index in [0.717, 1.165) is 22.1 Å². The molecule has 0 bridgehead atoms. The van der Waals surface area contributed by atoms with Crippen molar-refractivity contribution in [2.75, 3.05) is 18.0 Å². The lowest BCUT2D eigenvalue weighted by molar-refractivity contribution is 0.0951. The molecule has 22 heavy (non-hydrogen) atoms. The Hall–Kier alpha value is -1.56. The van der Waals surface area contributed by atoms with Gasteiger partial charge >= 0.3 is 0 Å². The quantitative estimate of drug-likeness (QED) is 0.786. The van der Waals surface area contributed by atoms with Gasteiger partial charge in [0.1, 0.15) is 0 Å². The minimum absolute atomic E-state index is 0.0105. The Morgan fingerprint density at radius 2 is 1.86 bits per heavy atom. The normalized spacial score (nSPS) is 17.5. The van der Waals surface area contributed by atoms with Gasteiger partial charge in [-0.1, -0.05) is 18.2 Å². The molecule has 4 heteroatoms. The monoisotopic (exact) mass is 406 g/mol. The molecule has 0 spiro atoms.